The molecule has 0 N–H and O–H groups in total. The van der Waals surface area contributed by atoms with Crippen molar-refractivity contribution in [2.45, 2.75) is 6.42 Å². The Balaban J connectivity index is 2.37. The van der Waals surface area contributed by atoms with Gasteiger partial charge >= 0.3 is 0 Å². The Labute approximate surface area is 77.9 Å². The minimum atomic E-state index is 1.09. The Morgan fingerprint density at radius 2 is 1.92 bits per heavy atom. The Morgan fingerprint density at radius 3 is 2.92 bits per heavy atom. The molecule has 0 spiro atoms. The molecule has 0 radical (unpaired) electrons. The fraction of sp³-hybridized carbons (Fsp3) is 0.0769. The molecular weight excluding hydrogens is 156 g/mol. The SMILES string of the molecule is C1=CC2=CCc3cccc(c32)C=C1. The van der Waals surface area contributed by atoms with E-state index in [1.807, 2.05) is 0 Å². The van der Waals surface area contributed by atoms with Crippen LogP contribution >= 0.6 is 0 Å². The fourth-order valence-corrected chi connectivity index (χ4v) is 2.07. The lowest BCUT2D eigenvalue weighted by Gasteiger charge is -2.04. The quantitative estimate of drug-likeness (QED) is 0.555. The number of hydrogen-bond acceptors (Lipinski definition) is 0. The zero-order chi connectivity index (χ0) is 8.67. The lowest BCUT2D eigenvalue weighted by atomic mass is 10.00. The molecule has 1 aromatic rings. The summed E-state index contributed by atoms with van der Waals surface area (Å²) in [7, 11) is 0. The van der Waals surface area contributed by atoms with Crippen molar-refractivity contribution in [2.75, 3.05) is 0 Å². The first kappa shape index (κ1) is 6.90. The monoisotopic (exact) mass is 166 g/mol. The Kier molecular flexibility index (Phi) is 1.31. The number of rotatable bonds is 0. The van der Waals surface area contributed by atoms with Gasteiger partial charge < -0.3 is 0 Å². The van der Waals surface area contributed by atoms with Crippen molar-refractivity contribution >= 4 is 11.6 Å². The van der Waals surface area contributed by atoms with Crippen molar-refractivity contribution in [1.82, 2.24) is 0 Å². The van der Waals surface area contributed by atoms with Crippen LogP contribution in [-0.2, 0) is 6.42 Å². The maximum atomic E-state index is 2.30. The van der Waals surface area contributed by atoms with Crippen molar-refractivity contribution in [3.05, 3.63) is 59.2 Å². The van der Waals surface area contributed by atoms with E-state index in [2.05, 4.69) is 48.6 Å². The second-order valence-corrected chi connectivity index (χ2v) is 3.46. The largest absolute Gasteiger partial charge is 0.0722 e. The van der Waals surface area contributed by atoms with Crippen LogP contribution in [0.4, 0.5) is 0 Å². The van der Waals surface area contributed by atoms with Gasteiger partial charge in [0.15, 0.2) is 0 Å². The van der Waals surface area contributed by atoms with Gasteiger partial charge in [0.25, 0.3) is 0 Å². The Bertz CT molecular complexity index is 445. The zero-order valence-corrected chi connectivity index (χ0v) is 7.33. The highest BCUT2D eigenvalue weighted by Crippen LogP contribution is 2.33. The van der Waals surface area contributed by atoms with Gasteiger partial charge in [0.05, 0.1) is 0 Å². The summed E-state index contributed by atoms with van der Waals surface area (Å²) in [5.41, 5.74) is 5.64. The van der Waals surface area contributed by atoms with Crippen molar-refractivity contribution < 1.29 is 0 Å². The molecule has 0 fully saturated rings. The minimum Gasteiger partial charge on any atom is -0.0722 e. The Morgan fingerprint density at radius 1 is 1.00 bits per heavy atom. The van der Waals surface area contributed by atoms with Crippen LogP contribution in [0.5, 0.6) is 0 Å². The molecule has 0 aromatic heterocycles. The first-order valence-corrected chi connectivity index (χ1v) is 4.62. The average molecular weight is 166 g/mol. The van der Waals surface area contributed by atoms with Gasteiger partial charge in [-0.1, -0.05) is 48.6 Å². The third-order valence-corrected chi connectivity index (χ3v) is 2.68. The van der Waals surface area contributed by atoms with E-state index < -0.39 is 0 Å². The average Bonchev–Trinajstić information content (AvgIpc) is 2.44. The lowest BCUT2D eigenvalue weighted by Crippen LogP contribution is -1.86. The summed E-state index contributed by atoms with van der Waals surface area (Å²) in [5.74, 6) is 0. The minimum absolute atomic E-state index is 1.09. The molecule has 0 aliphatic heterocycles. The van der Waals surface area contributed by atoms with Crippen LogP contribution < -0.4 is 0 Å². The maximum Gasteiger partial charge on any atom is -0.00793 e. The standard InChI is InChI=1S/C13H10/c1-2-5-11-8-9-12-7-3-6-10(4-1)13(11)12/h1-8H,9H2. The molecule has 0 atom stereocenters. The van der Waals surface area contributed by atoms with E-state index in [-0.39, 0.29) is 0 Å². The van der Waals surface area contributed by atoms with Gasteiger partial charge in [-0.15, -0.1) is 0 Å². The number of benzene rings is 1. The molecule has 0 unspecified atom stereocenters. The highest BCUT2D eigenvalue weighted by atomic mass is 14.2. The van der Waals surface area contributed by atoms with Crippen molar-refractivity contribution in [3.8, 4) is 0 Å². The number of hydrogen-bond donors (Lipinski definition) is 0. The van der Waals surface area contributed by atoms with E-state index in [0.29, 0.717) is 0 Å². The summed E-state index contributed by atoms with van der Waals surface area (Å²) < 4.78 is 0. The van der Waals surface area contributed by atoms with Crippen LogP contribution in [0.25, 0.3) is 11.6 Å². The predicted octanol–water partition coefficient (Wildman–Crippen LogP) is 3.21. The molecule has 0 saturated carbocycles. The van der Waals surface area contributed by atoms with E-state index in [1.165, 1.54) is 22.3 Å². The summed E-state index contributed by atoms with van der Waals surface area (Å²) in [6.07, 6.45) is 12.0. The van der Waals surface area contributed by atoms with E-state index in [0.717, 1.165) is 6.42 Å². The second kappa shape index (κ2) is 2.46. The predicted molar refractivity (Wildman–Crippen MR) is 56.3 cm³/mol. The molecule has 3 rings (SSSR count). The molecule has 0 heteroatoms. The summed E-state index contributed by atoms with van der Waals surface area (Å²) in [5, 5.41) is 0. The summed E-state index contributed by atoms with van der Waals surface area (Å²) >= 11 is 0. The van der Waals surface area contributed by atoms with Crippen molar-refractivity contribution in [3.63, 3.8) is 0 Å². The number of allylic oxidation sites excluding steroid dienone is 5. The summed E-state index contributed by atoms with van der Waals surface area (Å²) in [6.45, 7) is 0. The van der Waals surface area contributed by atoms with Gasteiger partial charge in [-0.05, 0) is 28.7 Å². The third kappa shape index (κ3) is 0.919. The molecule has 2 aliphatic rings. The van der Waals surface area contributed by atoms with E-state index in [4.69, 9.17) is 0 Å². The molecule has 62 valence electrons. The molecule has 0 amide bonds. The van der Waals surface area contributed by atoms with Gasteiger partial charge in [-0.3, -0.25) is 0 Å². The smallest absolute Gasteiger partial charge is 0.00793 e. The summed E-state index contributed by atoms with van der Waals surface area (Å²) in [4.78, 5) is 0. The molecule has 1 aromatic carbocycles. The molecule has 0 heterocycles. The van der Waals surface area contributed by atoms with E-state index in [1.54, 1.807) is 0 Å². The first-order chi connectivity index (χ1) is 6.45. The van der Waals surface area contributed by atoms with Crippen LogP contribution in [0, 0.1) is 0 Å². The van der Waals surface area contributed by atoms with Gasteiger partial charge in [-0.25, -0.2) is 0 Å². The van der Waals surface area contributed by atoms with E-state index in [9.17, 15) is 0 Å². The highest BCUT2D eigenvalue weighted by Gasteiger charge is 2.14. The first-order valence-electron chi connectivity index (χ1n) is 4.62. The molecule has 0 saturated heterocycles. The third-order valence-electron chi connectivity index (χ3n) is 2.68. The molecule has 0 bridgehead atoms. The van der Waals surface area contributed by atoms with E-state index >= 15 is 0 Å². The van der Waals surface area contributed by atoms with Crippen LogP contribution in [0.2, 0.25) is 0 Å². The molecule has 0 nitrogen and oxygen atoms in total. The van der Waals surface area contributed by atoms with Crippen LogP contribution in [0.1, 0.15) is 16.7 Å². The summed E-state index contributed by atoms with van der Waals surface area (Å²) in [6, 6.07) is 6.54. The van der Waals surface area contributed by atoms with Gasteiger partial charge in [0.2, 0.25) is 0 Å². The van der Waals surface area contributed by atoms with Gasteiger partial charge in [-0.2, -0.15) is 0 Å². The fourth-order valence-electron chi connectivity index (χ4n) is 2.07. The lowest BCUT2D eigenvalue weighted by molar-refractivity contribution is 1.31. The van der Waals surface area contributed by atoms with Crippen LogP contribution in [-0.4, -0.2) is 0 Å². The molecule has 13 heavy (non-hydrogen) atoms. The van der Waals surface area contributed by atoms with Crippen molar-refractivity contribution in [1.29, 1.82) is 0 Å². The maximum absolute atomic E-state index is 2.30. The van der Waals surface area contributed by atoms with Gasteiger partial charge in [0, 0.05) is 0 Å². The van der Waals surface area contributed by atoms with Crippen LogP contribution in [0.15, 0.2) is 42.5 Å². The zero-order valence-electron chi connectivity index (χ0n) is 7.33. The molecular formula is C13H10. The highest BCUT2D eigenvalue weighted by molar-refractivity contribution is 5.87. The van der Waals surface area contributed by atoms with Crippen molar-refractivity contribution in [2.24, 2.45) is 0 Å². The van der Waals surface area contributed by atoms with Crippen LogP contribution in [0.3, 0.4) is 0 Å². The second-order valence-electron chi connectivity index (χ2n) is 3.46. The Hall–Kier alpha value is -1.56. The topological polar surface area (TPSA) is 0 Å². The van der Waals surface area contributed by atoms with Gasteiger partial charge in [0.1, 0.15) is 0 Å². The normalized spacial score (nSPS) is 16.8. The molecule has 2 aliphatic carbocycles.